The Hall–Kier alpha value is -2.30. The van der Waals surface area contributed by atoms with Crippen molar-refractivity contribution in [3.8, 4) is 0 Å². The summed E-state index contributed by atoms with van der Waals surface area (Å²) in [6.45, 7) is 2.18. The highest BCUT2D eigenvalue weighted by Crippen LogP contribution is 2.11. The number of nitrogen functional groups attached to an aromatic ring is 1. The number of hydrogen-bond acceptors (Lipinski definition) is 4. The van der Waals surface area contributed by atoms with Crippen LogP contribution >= 0.6 is 0 Å². The maximum absolute atomic E-state index is 11.6. The highest BCUT2D eigenvalue weighted by atomic mass is 16.5. The van der Waals surface area contributed by atoms with Gasteiger partial charge < -0.3 is 15.6 Å². The van der Waals surface area contributed by atoms with Crippen molar-refractivity contribution in [3.05, 3.63) is 35.4 Å². The van der Waals surface area contributed by atoms with Crippen LogP contribution in [0.3, 0.4) is 0 Å². The van der Waals surface area contributed by atoms with Crippen molar-refractivity contribution in [1.29, 1.82) is 0 Å². The van der Waals surface area contributed by atoms with E-state index in [1.165, 1.54) is 6.08 Å². The van der Waals surface area contributed by atoms with Gasteiger partial charge in [0.15, 0.2) is 0 Å². The van der Waals surface area contributed by atoms with E-state index in [4.69, 9.17) is 15.6 Å². The molecule has 0 aromatic heterocycles. The minimum atomic E-state index is -1.31. The molecule has 0 unspecified atom stereocenters. The maximum Gasteiger partial charge on any atom is 0.345 e. The number of esters is 1. The minimum absolute atomic E-state index is 0.224. The van der Waals surface area contributed by atoms with Gasteiger partial charge in [-0.1, -0.05) is 25.5 Å². The van der Waals surface area contributed by atoms with Crippen LogP contribution < -0.4 is 5.73 Å². The van der Waals surface area contributed by atoms with Crippen molar-refractivity contribution >= 4 is 23.7 Å². The number of unbranched alkanes of at least 4 members (excludes halogenated alkanes) is 1. The Morgan fingerprint density at radius 1 is 1.32 bits per heavy atom. The fraction of sp³-hybridized carbons (Fsp3) is 0.286. The second kappa shape index (κ2) is 7.20. The first-order chi connectivity index (χ1) is 9.04. The molecule has 0 aliphatic rings. The van der Waals surface area contributed by atoms with Gasteiger partial charge in [0.2, 0.25) is 0 Å². The molecule has 19 heavy (non-hydrogen) atoms. The van der Waals surface area contributed by atoms with Crippen LogP contribution in [0.2, 0.25) is 0 Å². The van der Waals surface area contributed by atoms with E-state index in [0.29, 0.717) is 17.7 Å². The number of nitrogens with two attached hydrogens (primary N) is 1. The Kier molecular flexibility index (Phi) is 5.60. The first-order valence-corrected chi connectivity index (χ1v) is 6.02. The molecule has 0 heterocycles. The van der Waals surface area contributed by atoms with Crippen molar-refractivity contribution in [1.82, 2.24) is 0 Å². The summed E-state index contributed by atoms with van der Waals surface area (Å²) in [5.41, 5.74) is 6.29. The molecular weight excluding hydrogens is 246 g/mol. The summed E-state index contributed by atoms with van der Waals surface area (Å²) >= 11 is 0. The lowest BCUT2D eigenvalue weighted by atomic mass is 10.1. The number of aliphatic carboxylic acids is 1. The van der Waals surface area contributed by atoms with E-state index in [-0.39, 0.29) is 12.2 Å². The Morgan fingerprint density at radius 3 is 2.47 bits per heavy atom. The SMILES string of the molecule is CCCCOC(=O)C(=Cc1ccc(N)cc1)C(=O)O. The lowest BCUT2D eigenvalue weighted by Crippen LogP contribution is -2.15. The fourth-order valence-corrected chi connectivity index (χ4v) is 1.35. The molecule has 5 nitrogen and oxygen atoms in total. The average molecular weight is 263 g/mol. The predicted molar refractivity (Wildman–Crippen MR) is 72.3 cm³/mol. The molecule has 0 saturated heterocycles. The van der Waals surface area contributed by atoms with Crippen molar-refractivity contribution < 1.29 is 19.4 Å². The number of carboxylic acids is 1. The molecule has 0 fully saturated rings. The van der Waals surface area contributed by atoms with Gasteiger partial charge in [0, 0.05) is 5.69 Å². The van der Waals surface area contributed by atoms with Gasteiger partial charge in [0.25, 0.3) is 0 Å². The van der Waals surface area contributed by atoms with Crippen LogP contribution in [0.1, 0.15) is 25.3 Å². The summed E-state index contributed by atoms with van der Waals surface area (Å²) in [4.78, 5) is 22.7. The summed E-state index contributed by atoms with van der Waals surface area (Å²) in [5.74, 6) is -2.13. The van der Waals surface area contributed by atoms with Crippen LogP contribution in [-0.4, -0.2) is 23.7 Å². The molecule has 0 amide bonds. The van der Waals surface area contributed by atoms with Gasteiger partial charge in [-0.05, 0) is 30.2 Å². The highest BCUT2D eigenvalue weighted by Gasteiger charge is 2.18. The average Bonchev–Trinajstić information content (AvgIpc) is 2.37. The molecule has 5 heteroatoms. The van der Waals surface area contributed by atoms with Crippen LogP contribution in [0.25, 0.3) is 6.08 Å². The monoisotopic (exact) mass is 263 g/mol. The molecule has 0 radical (unpaired) electrons. The molecule has 0 saturated carbocycles. The Labute approximate surface area is 111 Å². The first kappa shape index (κ1) is 14.8. The normalized spacial score (nSPS) is 11.1. The number of anilines is 1. The number of benzene rings is 1. The van der Waals surface area contributed by atoms with Crippen LogP contribution in [0, 0.1) is 0 Å². The molecule has 0 atom stereocenters. The van der Waals surface area contributed by atoms with Crippen molar-refractivity contribution in [3.63, 3.8) is 0 Å². The zero-order chi connectivity index (χ0) is 14.3. The van der Waals surface area contributed by atoms with E-state index >= 15 is 0 Å². The molecule has 3 N–H and O–H groups in total. The Morgan fingerprint density at radius 2 is 1.95 bits per heavy atom. The predicted octanol–water partition coefficient (Wildman–Crippen LogP) is 2.08. The summed E-state index contributed by atoms with van der Waals surface area (Å²) in [6, 6.07) is 6.54. The smallest absolute Gasteiger partial charge is 0.345 e. The van der Waals surface area contributed by atoms with Gasteiger partial charge in [0.05, 0.1) is 6.61 Å². The summed E-state index contributed by atoms with van der Waals surface area (Å²) in [7, 11) is 0. The summed E-state index contributed by atoms with van der Waals surface area (Å²) in [5, 5.41) is 9.02. The number of ether oxygens (including phenoxy) is 1. The molecule has 1 aromatic carbocycles. The quantitative estimate of drug-likeness (QED) is 0.205. The van der Waals surface area contributed by atoms with Crippen molar-refractivity contribution in [2.45, 2.75) is 19.8 Å². The number of carbonyl (C=O) groups is 2. The number of rotatable bonds is 6. The molecule has 0 aliphatic carbocycles. The zero-order valence-electron chi connectivity index (χ0n) is 10.8. The Balaban J connectivity index is 2.84. The molecular formula is C14H17NO4. The molecule has 1 rings (SSSR count). The van der Waals surface area contributed by atoms with Gasteiger partial charge in [-0.15, -0.1) is 0 Å². The second-order valence-electron chi connectivity index (χ2n) is 4.02. The molecule has 0 bridgehead atoms. The van der Waals surface area contributed by atoms with Gasteiger partial charge >= 0.3 is 11.9 Å². The summed E-state index contributed by atoms with van der Waals surface area (Å²) in [6.07, 6.45) is 2.86. The van der Waals surface area contributed by atoms with Crippen molar-refractivity contribution in [2.75, 3.05) is 12.3 Å². The molecule has 0 aliphatic heterocycles. The van der Waals surface area contributed by atoms with Gasteiger partial charge in [-0.25, -0.2) is 9.59 Å². The van der Waals surface area contributed by atoms with Crippen molar-refractivity contribution in [2.24, 2.45) is 0 Å². The van der Waals surface area contributed by atoms with Gasteiger partial charge in [-0.3, -0.25) is 0 Å². The second-order valence-corrected chi connectivity index (χ2v) is 4.02. The lowest BCUT2D eigenvalue weighted by Gasteiger charge is -2.04. The molecule has 102 valence electrons. The topological polar surface area (TPSA) is 89.6 Å². The van der Waals surface area contributed by atoms with Gasteiger partial charge in [-0.2, -0.15) is 0 Å². The lowest BCUT2D eigenvalue weighted by molar-refractivity contribution is -0.144. The third-order valence-corrected chi connectivity index (χ3v) is 2.43. The van der Waals surface area contributed by atoms with E-state index in [2.05, 4.69) is 0 Å². The van der Waals surface area contributed by atoms with Crippen LogP contribution in [0.15, 0.2) is 29.8 Å². The third kappa shape index (κ3) is 4.83. The highest BCUT2D eigenvalue weighted by molar-refractivity contribution is 6.17. The maximum atomic E-state index is 11.6. The minimum Gasteiger partial charge on any atom is -0.477 e. The Bertz CT molecular complexity index is 477. The van der Waals surface area contributed by atoms with Crippen LogP contribution in [-0.2, 0) is 14.3 Å². The van der Waals surface area contributed by atoms with E-state index in [1.54, 1.807) is 24.3 Å². The van der Waals surface area contributed by atoms with E-state index in [1.807, 2.05) is 6.92 Å². The number of hydrogen-bond donors (Lipinski definition) is 2. The third-order valence-electron chi connectivity index (χ3n) is 2.43. The van der Waals surface area contributed by atoms with E-state index in [9.17, 15) is 9.59 Å². The number of carbonyl (C=O) groups excluding carboxylic acids is 1. The van der Waals surface area contributed by atoms with Crippen LogP contribution in [0.4, 0.5) is 5.69 Å². The van der Waals surface area contributed by atoms with Crippen LogP contribution in [0.5, 0.6) is 0 Å². The first-order valence-electron chi connectivity index (χ1n) is 6.02. The standard InChI is InChI=1S/C14H17NO4/c1-2-3-8-19-14(18)12(13(16)17)9-10-4-6-11(15)7-5-10/h4-7,9H,2-3,8,15H2,1H3,(H,16,17). The zero-order valence-corrected chi connectivity index (χ0v) is 10.8. The largest absolute Gasteiger partial charge is 0.477 e. The molecule has 0 spiro atoms. The van der Waals surface area contributed by atoms with E-state index in [0.717, 1.165) is 6.42 Å². The fourth-order valence-electron chi connectivity index (χ4n) is 1.35. The molecule has 1 aromatic rings. The van der Waals surface area contributed by atoms with Gasteiger partial charge in [0.1, 0.15) is 5.57 Å². The van der Waals surface area contributed by atoms with E-state index < -0.39 is 11.9 Å². The summed E-state index contributed by atoms with van der Waals surface area (Å²) < 4.78 is 4.89. The number of carboxylic acid groups (broad SMARTS) is 1.